The van der Waals surface area contributed by atoms with Crippen LogP contribution in [0.2, 0.25) is 0 Å². The molecule has 0 aliphatic rings. The first kappa shape index (κ1) is 16.0. The first-order chi connectivity index (χ1) is 10.6. The van der Waals surface area contributed by atoms with E-state index in [0.717, 1.165) is 16.8 Å². The molecule has 0 radical (unpaired) electrons. The number of anilines is 1. The van der Waals surface area contributed by atoms with Gasteiger partial charge in [-0.3, -0.25) is 9.59 Å². The van der Waals surface area contributed by atoms with Gasteiger partial charge in [-0.15, -0.1) is 0 Å². The average Bonchev–Trinajstić information content (AvgIpc) is 2.50. The van der Waals surface area contributed by atoms with E-state index in [2.05, 4.69) is 5.32 Å². The third kappa shape index (κ3) is 4.56. The van der Waals surface area contributed by atoms with E-state index in [1.54, 1.807) is 16.8 Å². The second kappa shape index (κ2) is 7.56. The number of hydrogen-bond acceptors (Lipinski definition) is 3. The van der Waals surface area contributed by atoms with E-state index in [4.69, 9.17) is 5.73 Å². The van der Waals surface area contributed by atoms with Crippen LogP contribution < -0.4 is 16.6 Å². The Bertz CT molecular complexity index is 690. The van der Waals surface area contributed by atoms with Crippen LogP contribution >= 0.6 is 0 Å². The number of carbonyl (C=O) groups excluding carboxylic acids is 1. The lowest BCUT2D eigenvalue weighted by Gasteiger charge is -2.07. The highest BCUT2D eigenvalue weighted by Crippen LogP contribution is 2.10. The van der Waals surface area contributed by atoms with E-state index in [1.807, 2.05) is 37.3 Å². The fraction of sp³-hybridized carbons (Fsp3) is 0.294. The molecule has 116 valence electrons. The summed E-state index contributed by atoms with van der Waals surface area (Å²) in [5, 5.41) is 2.84. The summed E-state index contributed by atoms with van der Waals surface area (Å²) < 4.78 is 1.62. The van der Waals surface area contributed by atoms with E-state index in [1.165, 1.54) is 0 Å². The van der Waals surface area contributed by atoms with Gasteiger partial charge in [0.1, 0.15) is 0 Å². The van der Waals surface area contributed by atoms with Gasteiger partial charge in [-0.05, 0) is 42.7 Å². The highest BCUT2D eigenvalue weighted by atomic mass is 16.1. The van der Waals surface area contributed by atoms with Gasteiger partial charge in [0.05, 0.1) is 0 Å². The lowest BCUT2D eigenvalue weighted by molar-refractivity contribution is -0.116. The Morgan fingerprint density at radius 2 is 1.95 bits per heavy atom. The number of hydrogen-bond donors (Lipinski definition) is 2. The number of amides is 1. The number of rotatable bonds is 6. The Balaban J connectivity index is 1.81. The van der Waals surface area contributed by atoms with Gasteiger partial charge in [0.15, 0.2) is 0 Å². The molecule has 2 aromatic rings. The predicted molar refractivity (Wildman–Crippen MR) is 87.6 cm³/mol. The van der Waals surface area contributed by atoms with Crippen molar-refractivity contribution in [1.29, 1.82) is 0 Å². The summed E-state index contributed by atoms with van der Waals surface area (Å²) in [6.07, 6.45) is 2.76. The number of benzene rings is 1. The van der Waals surface area contributed by atoms with Crippen molar-refractivity contribution in [2.24, 2.45) is 5.73 Å². The van der Waals surface area contributed by atoms with E-state index < -0.39 is 0 Å². The fourth-order valence-electron chi connectivity index (χ4n) is 2.15. The van der Waals surface area contributed by atoms with Gasteiger partial charge in [-0.25, -0.2) is 0 Å². The molecule has 0 saturated carbocycles. The molecule has 1 heterocycles. The second-order valence-electron chi connectivity index (χ2n) is 5.29. The zero-order valence-corrected chi connectivity index (χ0v) is 12.7. The quantitative estimate of drug-likeness (QED) is 0.857. The van der Waals surface area contributed by atoms with Gasteiger partial charge in [0, 0.05) is 37.5 Å². The molecule has 5 nitrogen and oxygen atoms in total. The van der Waals surface area contributed by atoms with Crippen molar-refractivity contribution < 1.29 is 4.79 Å². The van der Waals surface area contributed by atoms with Crippen LogP contribution in [0.15, 0.2) is 47.4 Å². The molecule has 1 aromatic heterocycles. The number of aromatic nitrogens is 1. The SMILES string of the molecule is Cc1ccn(CCCC(=O)Nc2ccc(CN)cc2)c(=O)c1. The number of nitrogens with zero attached hydrogens (tertiary/aromatic N) is 1. The third-order valence-corrected chi connectivity index (χ3v) is 3.43. The van der Waals surface area contributed by atoms with E-state index in [0.29, 0.717) is 25.9 Å². The molecule has 0 unspecified atom stereocenters. The zero-order valence-electron chi connectivity index (χ0n) is 12.7. The molecule has 0 atom stereocenters. The molecule has 3 N–H and O–H groups in total. The largest absolute Gasteiger partial charge is 0.326 e. The minimum atomic E-state index is -0.0549. The minimum Gasteiger partial charge on any atom is -0.326 e. The van der Waals surface area contributed by atoms with Crippen LogP contribution in [-0.2, 0) is 17.9 Å². The average molecular weight is 299 g/mol. The second-order valence-corrected chi connectivity index (χ2v) is 5.29. The molecule has 0 fully saturated rings. The smallest absolute Gasteiger partial charge is 0.250 e. The Kier molecular flexibility index (Phi) is 5.49. The maximum atomic E-state index is 11.9. The number of carbonyl (C=O) groups is 1. The minimum absolute atomic E-state index is 0.0298. The lowest BCUT2D eigenvalue weighted by atomic mass is 10.2. The highest BCUT2D eigenvalue weighted by molar-refractivity contribution is 5.90. The summed E-state index contributed by atoms with van der Waals surface area (Å²) in [7, 11) is 0. The number of pyridine rings is 1. The molecule has 0 spiro atoms. The van der Waals surface area contributed by atoms with Crippen LogP contribution in [0.5, 0.6) is 0 Å². The van der Waals surface area contributed by atoms with Crippen LogP contribution in [-0.4, -0.2) is 10.5 Å². The van der Waals surface area contributed by atoms with Crippen molar-refractivity contribution in [2.45, 2.75) is 32.9 Å². The maximum Gasteiger partial charge on any atom is 0.250 e. The number of aryl methyl sites for hydroxylation is 2. The van der Waals surface area contributed by atoms with Crippen LogP contribution in [0.3, 0.4) is 0 Å². The molecule has 1 aromatic carbocycles. The van der Waals surface area contributed by atoms with Gasteiger partial charge < -0.3 is 15.6 Å². The molecule has 0 aliphatic heterocycles. The van der Waals surface area contributed by atoms with Crippen molar-refractivity contribution in [3.63, 3.8) is 0 Å². The van der Waals surface area contributed by atoms with Crippen molar-refractivity contribution >= 4 is 11.6 Å². The van der Waals surface area contributed by atoms with Gasteiger partial charge in [-0.2, -0.15) is 0 Å². The summed E-state index contributed by atoms with van der Waals surface area (Å²) in [4.78, 5) is 23.6. The van der Waals surface area contributed by atoms with Crippen LogP contribution in [0.25, 0.3) is 0 Å². The standard InChI is InChI=1S/C17H21N3O2/c1-13-8-10-20(17(22)11-13)9-2-3-16(21)19-15-6-4-14(12-18)5-7-15/h4-8,10-11H,2-3,9,12,18H2,1H3,(H,19,21). The van der Waals surface area contributed by atoms with Gasteiger partial charge in [0.25, 0.3) is 5.56 Å². The number of nitrogens with two attached hydrogens (primary N) is 1. The van der Waals surface area contributed by atoms with E-state index >= 15 is 0 Å². The highest BCUT2D eigenvalue weighted by Gasteiger charge is 2.03. The molecule has 0 saturated heterocycles. The van der Waals surface area contributed by atoms with E-state index in [-0.39, 0.29) is 11.5 Å². The summed E-state index contributed by atoms with van der Waals surface area (Å²) >= 11 is 0. The number of nitrogens with one attached hydrogen (secondary N) is 1. The van der Waals surface area contributed by atoms with Gasteiger partial charge >= 0.3 is 0 Å². The Morgan fingerprint density at radius 1 is 1.23 bits per heavy atom. The molecular weight excluding hydrogens is 278 g/mol. The predicted octanol–water partition coefficient (Wildman–Crippen LogP) is 2.03. The van der Waals surface area contributed by atoms with Crippen LogP contribution in [0.1, 0.15) is 24.0 Å². The topological polar surface area (TPSA) is 77.1 Å². The molecule has 0 bridgehead atoms. The van der Waals surface area contributed by atoms with Crippen LogP contribution in [0, 0.1) is 6.92 Å². The fourth-order valence-corrected chi connectivity index (χ4v) is 2.15. The molecule has 5 heteroatoms. The summed E-state index contributed by atoms with van der Waals surface area (Å²) in [5.74, 6) is -0.0549. The molecule has 1 amide bonds. The van der Waals surface area contributed by atoms with Crippen molar-refractivity contribution in [3.05, 3.63) is 64.1 Å². The Labute approximate surface area is 129 Å². The van der Waals surface area contributed by atoms with Crippen molar-refractivity contribution in [1.82, 2.24) is 4.57 Å². The van der Waals surface area contributed by atoms with Crippen molar-refractivity contribution in [2.75, 3.05) is 5.32 Å². The molecule has 22 heavy (non-hydrogen) atoms. The summed E-state index contributed by atoms with van der Waals surface area (Å²) in [6.45, 7) is 2.91. The monoisotopic (exact) mass is 299 g/mol. The zero-order chi connectivity index (χ0) is 15.9. The summed E-state index contributed by atoms with van der Waals surface area (Å²) in [6, 6.07) is 10.9. The molecule has 2 rings (SSSR count). The van der Waals surface area contributed by atoms with Crippen molar-refractivity contribution in [3.8, 4) is 0 Å². The third-order valence-electron chi connectivity index (χ3n) is 3.43. The maximum absolute atomic E-state index is 11.9. The lowest BCUT2D eigenvalue weighted by Crippen LogP contribution is -2.20. The van der Waals surface area contributed by atoms with Gasteiger partial charge in [-0.1, -0.05) is 12.1 Å². The Hall–Kier alpha value is -2.40. The summed E-state index contributed by atoms with van der Waals surface area (Å²) in [5.41, 5.74) is 8.23. The Morgan fingerprint density at radius 3 is 2.59 bits per heavy atom. The normalized spacial score (nSPS) is 10.5. The van der Waals surface area contributed by atoms with Crippen LogP contribution in [0.4, 0.5) is 5.69 Å². The van der Waals surface area contributed by atoms with E-state index in [9.17, 15) is 9.59 Å². The first-order valence-electron chi connectivity index (χ1n) is 7.34. The van der Waals surface area contributed by atoms with Gasteiger partial charge in [0.2, 0.25) is 5.91 Å². The molecular formula is C17H21N3O2. The first-order valence-corrected chi connectivity index (χ1v) is 7.34. The molecule has 0 aliphatic carbocycles.